The van der Waals surface area contributed by atoms with Gasteiger partial charge in [0, 0.05) is 62.0 Å². The van der Waals surface area contributed by atoms with E-state index in [0.717, 1.165) is 16.7 Å². The number of carbonyl (C=O) groups excluding carboxylic acids is 1. The van der Waals surface area contributed by atoms with Crippen LogP contribution in [0.4, 0.5) is 14.5 Å². The van der Waals surface area contributed by atoms with E-state index in [1.54, 1.807) is 12.4 Å². The second-order valence-electron chi connectivity index (χ2n) is 8.53. The molecule has 10 heteroatoms. The first kappa shape index (κ1) is 22.1. The summed E-state index contributed by atoms with van der Waals surface area (Å²) >= 11 is 0. The predicted octanol–water partition coefficient (Wildman–Crippen LogP) is 3.63. The van der Waals surface area contributed by atoms with Crippen LogP contribution in [0.25, 0.3) is 22.0 Å². The van der Waals surface area contributed by atoms with Crippen molar-refractivity contribution in [3.8, 4) is 11.1 Å². The quantitative estimate of drug-likeness (QED) is 0.390. The predicted molar refractivity (Wildman–Crippen MR) is 124 cm³/mol. The maximum atomic E-state index is 13.9. The second kappa shape index (κ2) is 8.88. The molecule has 4 N–H and O–H groups in total. The lowest BCUT2D eigenvalue weighted by Gasteiger charge is -2.33. The Morgan fingerprint density at radius 2 is 1.94 bits per heavy atom. The molecule has 4 aromatic rings. The third-order valence-electron chi connectivity index (χ3n) is 6.02. The third kappa shape index (κ3) is 4.63. The highest BCUT2D eigenvalue weighted by Crippen LogP contribution is 2.27. The van der Waals surface area contributed by atoms with Crippen molar-refractivity contribution in [2.24, 2.45) is 5.73 Å². The van der Waals surface area contributed by atoms with Gasteiger partial charge in [0.2, 0.25) is 0 Å². The SMILES string of the molecule is NC1(F)CCN(Cc2cncc(-c3ccc4[nH]nc(C(=O)Nc5cnccc5F)c4c3)c2)CC1. The number of nitrogens with zero attached hydrogens (tertiary/aromatic N) is 4. The fourth-order valence-corrected chi connectivity index (χ4v) is 4.09. The Bertz CT molecular complexity index is 1340. The van der Waals surface area contributed by atoms with Gasteiger partial charge in [0.1, 0.15) is 5.82 Å². The number of aromatic nitrogens is 4. The first-order chi connectivity index (χ1) is 16.4. The van der Waals surface area contributed by atoms with Crippen molar-refractivity contribution in [2.45, 2.75) is 25.2 Å². The summed E-state index contributed by atoms with van der Waals surface area (Å²) < 4.78 is 27.8. The van der Waals surface area contributed by atoms with Crippen LogP contribution < -0.4 is 11.1 Å². The number of H-pyrrole nitrogens is 1. The molecule has 174 valence electrons. The Labute approximate surface area is 194 Å². The molecule has 1 amide bonds. The molecule has 0 spiro atoms. The molecule has 0 unspecified atom stereocenters. The average molecular weight is 463 g/mol. The lowest BCUT2D eigenvalue weighted by atomic mass is 10.0. The number of benzene rings is 1. The summed E-state index contributed by atoms with van der Waals surface area (Å²) in [4.78, 5) is 23.1. The van der Waals surface area contributed by atoms with Crippen LogP contribution in [-0.4, -0.2) is 49.9 Å². The van der Waals surface area contributed by atoms with Crippen LogP contribution in [0.2, 0.25) is 0 Å². The minimum Gasteiger partial charge on any atom is -0.317 e. The van der Waals surface area contributed by atoms with Crippen LogP contribution in [0, 0.1) is 5.82 Å². The Morgan fingerprint density at radius 1 is 1.12 bits per heavy atom. The number of carbonyl (C=O) groups is 1. The molecule has 34 heavy (non-hydrogen) atoms. The number of halogens is 2. The second-order valence-corrected chi connectivity index (χ2v) is 8.53. The van der Waals surface area contributed by atoms with Crippen LogP contribution in [-0.2, 0) is 6.54 Å². The van der Waals surface area contributed by atoms with E-state index >= 15 is 0 Å². The summed E-state index contributed by atoms with van der Waals surface area (Å²) in [5.41, 5.74) is 9.12. The van der Waals surface area contributed by atoms with Crippen molar-refractivity contribution in [2.75, 3.05) is 18.4 Å². The van der Waals surface area contributed by atoms with Crippen molar-refractivity contribution in [1.29, 1.82) is 0 Å². The molecule has 3 aromatic heterocycles. The molecule has 5 rings (SSSR count). The third-order valence-corrected chi connectivity index (χ3v) is 6.02. The van der Waals surface area contributed by atoms with Gasteiger partial charge in [-0.15, -0.1) is 0 Å². The number of anilines is 1. The maximum absolute atomic E-state index is 13.9. The van der Waals surface area contributed by atoms with E-state index in [4.69, 9.17) is 5.73 Å². The van der Waals surface area contributed by atoms with Gasteiger partial charge < -0.3 is 5.32 Å². The van der Waals surface area contributed by atoms with Gasteiger partial charge in [-0.25, -0.2) is 8.78 Å². The Balaban J connectivity index is 1.38. The highest BCUT2D eigenvalue weighted by molar-refractivity contribution is 6.11. The molecule has 0 atom stereocenters. The van der Waals surface area contributed by atoms with Crippen molar-refractivity contribution in [1.82, 2.24) is 25.1 Å². The van der Waals surface area contributed by atoms with Crippen molar-refractivity contribution in [3.63, 3.8) is 0 Å². The molecule has 0 aliphatic carbocycles. The van der Waals surface area contributed by atoms with Gasteiger partial charge in [0.05, 0.1) is 17.4 Å². The lowest BCUT2D eigenvalue weighted by molar-refractivity contribution is 0.0604. The summed E-state index contributed by atoms with van der Waals surface area (Å²) in [7, 11) is 0. The van der Waals surface area contributed by atoms with Gasteiger partial charge in [-0.1, -0.05) is 6.07 Å². The van der Waals surface area contributed by atoms with Crippen LogP contribution in [0.1, 0.15) is 28.9 Å². The summed E-state index contributed by atoms with van der Waals surface area (Å²) in [5, 5.41) is 10.1. The van der Waals surface area contributed by atoms with Crippen molar-refractivity contribution >= 4 is 22.5 Å². The summed E-state index contributed by atoms with van der Waals surface area (Å²) in [5.74, 6) is -2.70. The Morgan fingerprint density at radius 3 is 2.74 bits per heavy atom. The number of rotatable bonds is 5. The highest BCUT2D eigenvalue weighted by Gasteiger charge is 2.30. The minimum atomic E-state index is -1.58. The molecular weight excluding hydrogens is 440 g/mol. The topological polar surface area (TPSA) is 113 Å². The number of pyridine rings is 2. The Hall–Kier alpha value is -3.76. The molecule has 1 aliphatic rings. The summed E-state index contributed by atoms with van der Waals surface area (Å²) in [6, 6.07) is 8.79. The number of nitrogens with two attached hydrogens (primary N) is 1. The van der Waals surface area contributed by atoms with Gasteiger partial charge in [-0.3, -0.25) is 30.5 Å². The summed E-state index contributed by atoms with van der Waals surface area (Å²) in [6.45, 7) is 1.83. The highest BCUT2D eigenvalue weighted by atomic mass is 19.1. The van der Waals surface area contributed by atoms with Crippen LogP contribution in [0.3, 0.4) is 0 Å². The zero-order valence-electron chi connectivity index (χ0n) is 18.3. The average Bonchev–Trinajstić information content (AvgIpc) is 3.26. The fourth-order valence-electron chi connectivity index (χ4n) is 4.09. The number of aromatic amines is 1. The van der Waals surface area contributed by atoms with Gasteiger partial charge in [0.25, 0.3) is 5.91 Å². The molecule has 0 radical (unpaired) electrons. The first-order valence-corrected chi connectivity index (χ1v) is 10.9. The molecule has 4 heterocycles. The zero-order valence-corrected chi connectivity index (χ0v) is 18.3. The number of alkyl halides is 1. The van der Waals surface area contributed by atoms with E-state index in [1.165, 1.54) is 18.5 Å². The van der Waals surface area contributed by atoms with Crippen LogP contribution >= 0.6 is 0 Å². The zero-order chi connectivity index (χ0) is 23.7. The van der Waals surface area contributed by atoms with E-state index in [2.05, 4.69) is 30.4 Å². The van der Waals surface area contributed by atoms with Gasteiger partial charge in [-0.2, -0.15) is 5.10 Å². The number of piperidine rings is 1. The van der Waals surface area contributed by atoms with E-state index in [1.807, 2.05) is 24.3 Å². The number of fused-ring (bicyclic) bond motifs is 1. The minimum absolute atomic E-state index is 0.0194. The standard InChI is InChI=1S/C24H23F2N7O/c25-19-3-6-28-13-21(19)30-23(34)22-18-10-16(1-2-20(18)31-32-22)17-9-15(11-29-12-17)14-33-7-4-24(26,27)5-8-33/h1-3,6,9-13H,4-5,7-8,14,27H2,(H,30,34)(H,31,32). The largest absolute Gasteiger partial charge is 0.317 e. The van der Waals surface area contributed by atoms with Gasteiger partial charge >= 0.3 is 0 Å². The normalized spacial score (nSPS) is 16.0. The number of amides is 1. The molecule has 1 saturated heterocycles. The van der Waals surface area contributed by atoms with Crippen molar-refractivity contribution < 1.29 is 13.6 Å². The summed E-state index contributed by atoms with van der Waals surface area (Å²) in [6.07, 6.45) is 6.71. The molecule has 8 nitrogen and oxygen atoms in total. The van der Waals surface area contributed by atoms with Crippen LogP contribution in [0.5, 0.6) is 0 Å². The molecule has 0 saturated carbocycles. The lowest BCUT2D eigenvalue weighted by Crippen LogP contribution is -2.46. The number of hydrogen-bond donors (Lipinski definition) is 3. The van der Waals surface area contributed by atoms with E-state index < -0.39 is 17.5 Å². The number of nitrogens with one attached hydrogen (secondary N) is 2. The monoisotopic (exact) mass is 463 g/mol. The van der Waals surface area contributed by atoms with Crippen molar-refractivity contribution in [3.05, 3.63) is 72.2 Å². The van der Waals surface area contributed by atoms with E-state index in [-0.39, 0.29) is 11.4 Å². The Kier molecular flexibility index (Phi) is 5.76. The molecular formula is C24H23F2N7O. The molecule has 0 bridgehead atoms. The maximum Gasteiger partial charge on any atom is 0.276 e. The number of likely N-dealkylation sites (tertiary alicyclic amines) is 1. The smallest absolute Gasteiger partial charge is 0.276 e. The van der Waals surface area contributed by atoms with E-state index in [0.29, 0.717) is 43.4 Å². The van der Waals surface area contributed by atoms with Gasteiger partial charge in [0.15, 0.2) is 11.5 Å². The molecule has 1 aliphatic heterocycles. The molecule has 1 aromatic carbocycles. The fraction of sp³-hybridized carbons (Fsp3) is 0.250. The van der Waals surface area contributed by atoms with Crippen LogP contribution in [0.15, 0.2) is 55.1 Å². The van der Waals surface area contributed by atoms with E-state index in [9.17, 15) is 13.6 Å². The molecule has 1 fully saturated rings. The van der Waals surface area contributed by atoms with Gasteiger partial charge in [-0.05, 0) is 35.4 Å². The number of hydrogen-bond acceptors (Lipinski definition) is 6. The first-order valence-electron chi connectivity index (χ1n) is 10.9.